The molecule has 0 aliphatic heterocycles. The topological polar surface area (TPSA) is 87.2 Å². The normalized spacial score (nSPS) is 13.8. The molecule has 0 radical (unpaired) electrons. The lowest BCUT2D eigenvalue weighted by Crippen LogP contribution is -2.31. The van der Waals surface area contributed by atoms with E-state index in [0.717, 1.165) is 44.5 Å². The number of hydrogen-bond donors (Lipinski definition) is 3. The molecule has 3 N–H and O–H groups in total. The fraction of sp³-hybridized carbons (Fsp3) is 0.200. The fourth-order valence-electron chi connectivity index (χ4n) is 4.88. The third kappa shape index (κ3) is 5.26. The highest BCUT2D eigenvalue weighted by atomic mass is 19.1. The second-order valence-electron chi connectivity index (χ2n) is 9.26. The highest BCUT2D eigenvalue weighted by Crippen LogP contribution is 2.35. The van der Waals surface area contributed by atoms with Crippen LogP contribution in [-0.4, -0.2) is 28.1 Å². The number of nitrogens with one attached hydrogen (secondary N) is 2. The average Bonchev–Trinajstić information content (AvgIpc) is 3.48. The van der Waals surface area contributed by atoms with E-state index in [1.807, 2.05) is 37.3 Å². The number of hydrogen-bond acceptors (Lipinski definition) is 4. The molecule has 7 heteroatoms. The number of phenolic OH excluding ortho intramolecular Hbond substituents is 1. The van der Waals surface area contributed by atoms with Crippen molar-refractivity contribution in [2.45, 2.75) is 32.2 Å². The van der Waals surface area contributed by atoms with Crippen LogP contribution in [0.5, 0.6) is 11.5 Å². The molecule has 2 aromatic carbocycles. The Labute approximate surface area is 214 Å². The van der Waals surface area contributed by atoms with Crippen molar-refractivity contribution in [2.75, 3.05) is 7.11 Å². The van der Waals surface area contributed by atoms with E-state index in [4.69, 9.17) is 4.74 Å². The van der Waals surface area contributed by atoms with Gasteiger partial charge < -0.3 is 20.1 Å². The summed E-state index contributed by atoms with van der Waals surface area (Å²) in [6.45, 7) is 2.01. The molecule has 2 aromatic heterocycles. The number of halogens is 1. The van der Waals surface area contributed by atoms with Crippen LogP contribution in [0.1, 0.15) is 35.7 Å². The molecule has 1 amide bonds. The molecule has 1 unspecified atom stereocenters. The highest BCUT2D eigenvalue weighted by molar-refractivity contribution is 5.90. The van der Waals surface area contributed by atoms with Crippen LogP contribution in [0.4, 0.5) is 4.39 Å². The van der Waals surface area contributed by atoms with E-state index in [1.165, 1.54) is 6.08 Å². The smallest absolute Gasteiger partial charge is 0.225 e. The van der Waals surface area contributed by atoms with Gasteiger partial charge in [-0.1, -0.05) is 17.7 Å². The van der Waals surface area contributed by atoms with Crippen LogP contribution in [0.25, 0.3) is 22.0 Å². The maximum Gasteiger partial charge on any atom is 0.225 e. The zero-order chi connectivity index (χ0) is 25.9. The Morgan fingerprint density at radius 1 is 1.22 bits per heavy atom. The van der Waals surface area contributed by atoms with Crippen molar-refractivity contribution in [1.29, 1.82) is 0 Å². The third-order valence-corrected chi connectivity index (χ3v) is 6.70. The molecule has 0 spiro atoms. The lowest BCUT2D eigenvalue weighted by molar-refractivity contribution is -0.121. The van der Waals surface area contributed by atoms with E-state index in [9.17, 15) is 14.3 Å². The average molecular weight is 498 g/mol. The van der Waals surface area contributed by atoms with Crippen LogP contribution in [0.3, 0.4) is 0 Å². The number of pyridine rings is 1. The molecule has 1 atom stereocenters. The van der Waals surface area contributed by atoms with Gasteiger partial charge in [0, 0.05) is 28.9 Å². The molecule has 37 heavy (non-hydrogen) atoms. The predicted molar refractivity (Wildman–Crippen MR) is 142 cm³/mol. The number of phenols is 1. The maximum atomic E-state index is 13.8. The van der Waals surface area contributed by atoms with Crippen LogP contribution in [0, 0.1) is 6.92 Å². The number of benzene rings is 2. The van der Waals surface area contributed by atoms with E-state index < -0.39 is 6.04 Å². The number of carbonyl (C=O) groups excluding carboxylic acids is 1. The number of carbonyl (C=O) groups is 1. The molecule has 0 bridgehead atoms. The van der Waals surface area contributed by atoms with Crippen molar-refractivity contribution in [2.24, 2.45) is 0 Å². The van der Waals surface area contributed by atoms with Crippen LogP contribution in [0.2, 0.25) is 0 Å². The number of aromatic nitrogens is 2. The van der Waals surface area contributed by atoms with E-state index in [0.29, 0.717) is 18.5 Å². The van der Waals surface area contributed by atoms with Gasteiger partial charge in [-0.2, -0.15) is 0 Å². The van der Waals surface area contributed by atoms with Gasteiger partial charge in [0.2, 0.25) is 5.91 Å². The van der Waals surface area contributed by atoms with Gasteiger partial charge >= 0.3 is 0 Å². The number of allylic oxidation sites excluding steroid dienone is 3. The Morgan fingerprint density at radius 3 is 2.84 bits per heavy atom. The minimum Gasteiger partial charge on any atom is -0.508 e. The number of aryl methyl sites for hydroxylation is 1. The molecule has 6 nitrogen and oxygen atoms in total. The maximum absolute atomic E-state index is 13.8. The molecule has 1 aliphatic carbocycles. The van der Waals surface area contributed by atoms with Crippen LogP contribution in [-0.2, 0) is 11.2 Å². The molecular weight excluding hydrogens is 469 g/mol. The van der Waals surface area contributed by atoms with Gasteiger partial charge in [0.25, 0.3) is 0 Å². The molecule has 0 fully saturated rings. The van der Waals surface area contributed by atoms with Crippen molar-refractivity contribution >= 4 is 16.8 Å². The quantitative estimate of drug-likeness (QED) is 0.269. The summed E-state index contributed by atoms with van der Waals surface area (Å²) in [4.78, 5) is 21.2. The van der Waals surface area contributed by atoms with Gasteiger partial charge in [-0.25, -0.2) is 4.39 Å². The summed E-state index contributed by atoms with van der Waals surface area (Å²) in [6.07, 6.45) is 7.62. The predicted octanol–water partition coefficient (Wildman–Crippen LogP) is 6.23. The Morgan fingerprint density at radius 2 is 2.08 bits per heavy atom. The molecule has 2 heterocycles. The van der Waals surface area contributed by atoms with Gasteiger partial charge in [0.05, 0.1) is 25.3 Å². The minimum absolute atomic E-state index is 0.120. The second kappa shape index (κ2) is 10.3. The van der Waals surface area contributed by atoms with Crippen molar-refractivity contribution in [3.8, 4) is 22.6 Å². The Hall–Kier alpha value is -4.39. The number of nitrogens with zero attached hydrogens (tertiary/aromatic N) is 1. The molecule has 0 saturated heterocycles. The summed E-state index contributed by atoms with van der Waals surface area (Å²) >= 11 is 0. The molecule has 4 aromatic rings. The van der Waals surface area contributed by atoms with Crippen LogP contribution >= 0.6 is 0 Å². The van der Waals surface area contributed by atoms with Gasteiger partial charge in [-0.15, -0.1) is 0 Å². The molecular formula is C30H28FN3O3. The third-order valence-electron chi connectivity index (χ3n) is 6.70. The summed E-state index contributed by atoms with van der Waals surface area (Å²) in [5.41, 5.74) is 6.14. The number of amides is 1. The van der Waals surface area contributed by atoms with E-state index in [-0.39, 0.29) is 23.9 Å². The van der Waals surface area contributed by atoms with E-state index in [1.54, 1.807) is 43.8 Å². The van der Waals surface area contributed by atoms with Gasteiger partial charge in [-0.3, -0.25) is 9.78 Å². The first-order valence-corrected chi connectivity index (χ1v) is 12.1. The summed E-state index contributed by atoms with van der Waals surface area (Å²) in [7, 11) is 1.63. The number of rotatable bonds is 8. The van der Waals surface area contributed by atoms with Crippen LogP contribution < -0.4 is 10.1 Å². The van der Waals surface area contributed by atoms with Crippen molar-refractivity contribution in [3.05, 3.63) is 101 Å². The number of H-pyrrole nitrogens is 1. The minimum atomic E-state index is -0.464. The number of ether oxygens (including phenoxy) is 1. The zero-order valence-electron chi connectivity index (χ0n) is 20.7. The molecule has 5 rings (SSSR count). The number of aromatic amines is 1. The standard InChI is InChI=1S/C30H28FN3O3/c1-18-12-23(37-2)8-9-24(18)25-4-3-11-32-30(25)28(14-19-5-6-21(31)13-19)34-29(36)15-20-17-33-27-10-7-22(35)16-26(20)27/h3-4,6-13,16-17,28,33,35H,5,14-15H2,1-2H3,(H,34,36). The number of fused-ring (bicyclic) bond motifs is 1. The molecule has 0 saturated carbocycles. The lowest BCUT2D eigenvalue weighted by Gasteiger charge is -2.22. The Kier molecular flexibility index (Phi) is 6.77. The first-order chi connectivity index (χ1) is 17.9. The fourth-order valence-corrected chi connectivity index (χ4v) is 4.88. The molecule has 188 valence electrons. The summed E-state index contributed by atoms with van der Waals surface area (Å²) in [5, 5.41) is 13.9. The second-order valence-corrected chi connectivity index (χ2v) is 9.26. The van der Waals surface area contributed by atoms with Gasteiger partial charge in [-0.05, 0) is 85.0 Å². The first kappa shape index (κ1) is 24.3. The highest BCUT2D eigenvalue weighted by Gasteiger charge is 2.24. The SMILES string of the molecule is COc1ccc(-c2cccnc2C(CC2=CC(F)=CC2)NC(=O)Cc2c[nH]c3ccc(O)cc23)c(C)c1. The van der Waals surface area contributed by atoms with Gasteiger partial charge in [0.1, 0.15) is 17.3 Å². The largest absolute Gasteiger partial charge is 0.508 e. The first-order valence-electron chi connectivity index (χ1n) is 12.1. The zero-order valence-corrected chi connectivity index (χ0v) is 20.7. The summed E-state index contributed by atoms with van der Waals surface area (Å²) in [6, 6.07) is 14.3. The van der Waals surface area contributed by atoms with Crippen molar-refractivity contribution < 1.29 is 19.0 Å². The number of methoxy groups -OCH3 is 1. The summed E-state index contributed by atoms with van der Waals surface area (Å²) in [5.74, 6) is 0.455. The van der Waals surface area contributed by atoms with Crippen LogP contribution in [0.15, 0.2) is 84.5 Å². The van der Waals surface area contributed by atoms with E-state index in [2.05, 4.69) is 15.3 Å². The molecule has 1 aliphatic rings. The Bertz CT molecular complexity index is 1540. The van der Waals surface area contributed by atoms with Crippen molar-refractivity contribution in [1.82, 2.24) is 15.3 Å². The Balaban J connectivity index is 1.47. The van der Waals surface area contributed by atoms with Crippen molar-refractivity contribution in [3.63, 3.8) is 0 Å². The number of aromatic hydroxyl groups is 1. The lowest BCUT2D eigenvalue weighted by atomic mass is 9.93. The van der Waals surface area contributed by atoms with Gasteiger partial charge in [0.15, 0.2) is 0 Å². The van der Waals surface area contributed by atoms with E-state index >= 15 is 0 Å². The summed E-state index contributed by atoms with van der Waals surface area (Å²) < 4.78 is 19.2. The monoisotopic (exact) mass is 497 g/mol.